The Kier molecular flexibility index (Phi) is 3.84. The van der Waals surface area contributed by atoms with Gasteiger partial charge >= 0.3 is 0 Å². The van der Waals surface area contributed by atoms with E-state index >= 15 is 0 Å². The predicted octanol–water partition coefficient (Wildman–Crippen LogP) is 0.995. The summed E-state index contributed by atoms with van der Waals surface area (Å²) in [6.07, 6.45) is 3.58. The highest BCUT2D eigenvalue weighted by Gasteiger charge is 2.29. The average molecular weight is 289 g/mol. The molecule has 5 heteroatoms. The lowest BCUT2D eigenvalue weighted by atomic mass is 10.3. The van der Waals surface area contributed by atoms with E-state index in [0.717, 1.165) is 38.9 Å². The Labute approximate surface area is 104 Å². The Bertz CT molecular complexity index is 290. The van der Waals surface area contributed by atoms with E-state index < -0.39 is 0 Å². The van der Waals surface area contributed by atoms with E-state index in [-0.39, 0.29) is 16.6 Å². The fourth-order valence-electron chi connectivity index (χ4n) is 2.28. The van der Waals surface area contributed by atoms with Crippen LogP contribution in [-0.2, 0) is 9.59 Å². The SMILES string of the molecule is O=C(CCN1CCC(Br)C1=O)N1CCCC1. The van der Waals surface area contributed by atoms with Gasteiger partial charge in [-0.1, -0.05) is 15.9 Å². The van der Waals surface area contributed by atoms with E-state index in [1.165, 1.54) is 0 Å². The maximum atomic E-state index is 11.8. The summed E-state index contributed by atoms with van der Waals surface area (Å²) in [5.74, 6) is 0.331. The number of carbonyl (C=O) groups is 2. The van der Waals surface area contributed by atoms with Crippen molar-refractivity contribution in [2.45, 2.75) is 30.5 Å². The number of carbonyl (C=O) groups excluding carboxylic acids is 2. The standard InChI is InChI=1S/C11H17BrN2O2/c12-9-3-7-14(11(9)16)8-4-10(15)13-5-1-2-6-13/h9H,1-8H2. The van der Waals surface area contributed by atoms with Gasteiger partial charge in [0.1, 0.15) is 0 Å². The van der Waals surface area contributed by atoms with Gasteiger partial charge in [-0.05, 0) is 19.3 Å². The average Bonchev–Trinajstić information content (AvgIpc) is 2.89. The summed E-state index contributed by atoms with van der Waals surface area (Å²) in [6, 6.07) is 0. The normalized spacial score (nSPS) is 25.6. The first-order valence-corrected chi connectivity index (χ1v) is 6.80. The lowest BCUT2D eigenvalue weighted by Gasteiger charge is -2.19. The molecule has 0 bridgehead atoms. The molecule has 16 heavy (non-hydrogen) atoms. The van der Waals surface area contributed by atoms with Crippen LogP contribution in [0.3, 0.4) is 0 Å². The van der Waals surface area contributed by atoms with Crippen LogP contribution in [0.1, 0.15) is 25.7 Å². The van der Waals surface area contributed by atoms with Crippen molar-refractivity contribution in [2.24, 2.45) is 0 Å². The van der Waals surface area contributed by atoms with Crippen LogP contribution in [0.4, 0.5) is 0 Å². The Balaban J connectivity index is 1.74. The maximum absolute atomic E-state index is 11.8. The Morgan fingerprint density at radius 1 is 1.31 bits per heavy atom. The van der Waals surface area contributed by atoms with Crippen molar-refractivity contribution >= 4 is 27.7 Å². The highest BCUT2D eigenvalue weighted by atomic mass is 79.9. The third kappa shape index (κ3) is 2.56. The molecule has 4 nitrogen and oxygen atoms in total. The van der Waals surface area contributed by atoms with Gasteiger partial charge in [0.25, 0.3) is 0 Å². The third-order valence-corrected chi connectivity index (χ3v) is 4.14. The van der Waals surface area contributed by atoms with Gasteiger partial charge in [0.05, 0.1) is 4.83 Å². The number of hydrogen-bond acceptors (Lipinski definition) is 2. The largest absolute Gasteiger partial charge is 0.343 e. The molecule has 1 atom stereocenters. The molecule has 2 aliphatic rings. The second-order valence-electron chi connectivity index (χ2n) is 4.42. The predicted molar refractivity (Wildman–Crippen MR) is 64.3 cm³/mol. The van der Waals surface area contributed by atoms with Crippen LogP contribution in [0.5, 0.6) is 0 Å². The van der Waals surface area contributed by atoms with Crippen LogP contribution in [0.15, 0.2) is 0 Å². The van der Waals surface area contributed by atoms with Crippen molar-refractivity contribution < 1.29 is 9.59 Å². The number of rotatable bonds is 3. The first-order chi connectivity index (χ1) is 7.68. The van der Waals surface area contributed by atoms with E-state index in [1.807, 2.05) is 4.90 Å². The molecular weight excluding hydrogens is 272 g/mol. The van der Waals surface area contributed by atoms with E-state index in [0.29, 0.717) is 13.0 Å². The van der Waals surface area contributed by atoms with Crippen molar-refractivity contribution in [3.05, 3.63) is 0 Å². The number of halogens is 1. The monoisotopic (exact) mass is 288 g/mol. The molecule has 0 spiro atoms. The van der Waals surface area contributed by atoms with Crippen molar-refractivity contribution in [3.63, 3.8) is 0 Å². The lowest BCUT2D eigenvalue weighted by molar-refractivity contribution is -0.131. The molecular formula is C11H17BrN2O2. The molecule has 0 aromatic rings. The van der Waals surface area contributed by atoms with E-state index in [4.69, 9.17) is 0 Å². The van der Waals surface area contributed by atoms with Crippen molar-refractivity contribution in [1.82, 2.24) is 9.80 Å². The van der Waals surface area contributed by atoms with Gasteiger partial charge < -0.3 is 9.80 Å². The molecule has 2 aliphatic heterocycles. The van der Waals surface area contributed by atoms with Gasteiger partial charge in [-0.3, -0.25) is 9.59 Å². The number of likely N-dealkylation sites (tertiary alicyclic amines) is 2. The zero-order valence-electron chi connectivity index (χ0n) is 9.32. The summed E-state index contributed by atoms with van der Waals surface area (Å²) in [4.78, 5) is 27.0. The minimum absolute atomic E-state index is 0.0330. The third-order valence-electron chi connectivity index (χ3n) is 3.29. The van der Waals surface area contributed by atoms with Gasteiger partial charge in [-0.2, -0.15) is 0 Å². The minimum Gasteiger partial charge on any atom is -0.343 e. The van der Waals surface area contributed by atoms with Crippen molar-refractivity contribution in [1.29, 1.82) is 0 Å². The number of nitrogens with zero attached hydrogens (tertiary/aromatic N) is 2. The summed E-state index contributed by atoms with van der Waals surface area (Å²) in [5, 5.41) is 0. The van der Waals surface area contributed by atoms with Crippen LogP contribution in [0.2, 0.25) is 0 Å². The highest BCUT2D eigenvalue weighted by Crippen LogP contribution is 2.18. The Morgan fingerprint density at radius 3 is 2.56 bits per heavy atom. The molecule has 1 unspecified atom stereocenters. The molecule has 2 fully saturated rings. The highest BCUT2D eigenvalue weighted by molar-refractivity contribution is 9.10. The number of hydrogen-bond donors (Lipinski definition) is 0. The molecule has 2 saturated heterocycles. The molecule has 0 aromatic carbocycles. The summed E-state index contributed by atoms with van der Waals surface area (Å²) in [6.45, 7) is 3.15. The van der Waals surface area contributed by atoms with E-state index in [9.17, 15) is 9.59 Å². The fourth-order valence-corrected chi connectivity index (χ4v) is 2.77. The molecule has 90 valence electrons. The van der Waals surface area contributed by atoms with E-state index in [1.54, 1.807) is 4.90 Å². The second kappa shape index (κ2) is 5.17. The topological polar surface area (TPSA) is 40.6 Å². The van der Waals surface area contributed by atoms with Gasteiger partial charge in [-0.15, -0.1) is 0 Å². The van der Waals surface area contributed by atoms with Gasteiger partial charge in [0, 0.05) is 32.6 Å². The van der Waals surface area contributed by atoms with Crippen molar-refractivity contribution in [3.8, 4) is 0 Å². The summed E-state index contributed by atoms with van der Waals surface area (Å²) in [5.41, 5.74) is 0. The van der Waals surface area contributed by atoms with Gasteiger partial charge in [0.15, 0.2) is 0 Å². The first-order valence-electron chi connectivity index (χ1n) is 5.89. The Hall–Kier alpha value is -0.580. The number of alkyl halides is 1. The summed E-state index contributed by atoms with van der Waals surface area (Å²) < 4.78 is 0. The molecule has 0 saturated carbocycles. The first kappa shape index (κ1) is 11.9. The molecule has 2 heterocycles. The molecule has 0 radical (unpaired) electrons. The smallest absolute Gasteiger partial charge is 0.236 e. The second-order valence-corrected chi connectivity index (χ2v) is 5.52. The minimum atomic E-state index is -0.0330. The van der Waals surface area contributed by atoms with Crippen LogP contribution in [0, 0.1) is 0 Å². The van der Waals surface area contributed by atoms with Gasteiger partial charge in [0.2, 0.25) is 11.8 Å². The molecule has 2 rings (SSSR count). The van der Waals surface area contributed by atoms with Gasteiger partial charge in [-0.25, -0.2) is 0 Å². The summed E-state index contributed by atoms with van der Waals surface area (Å²) >= 11 is 3.33. The number of amides is 2. The Morgan fingerprint density at radius 2 is 2.00 bits per heavy atom. The van der Waals surface area contributed by atoms with Crippen LogP contribution in [-0.4, -0.2) is 52.6 Å². The quantitative estimate of drug-likeness (QED) is 0.727. The van der Waals surface area contributed by atoms with E-state index in [2.05, 4.69) is 15.9 Å². The lowest BCUT2D eigenvalue weighted by Crippen LogP contribution is -2.34. The van der Waals surface area contributed by atoms with Crippen LogP contribution < -0.4 is 0 Å². The molecule has 0 N–H and O–H groups in total. The fraction of sp³-hybridized carbons (Fsp3) is 0.818. The molecule has 0 aromatic heterocycles. The zero-order valence-corrected chi connectivity index (χ0v) is 10.9. The van der Waals surface area contributed by atoms with Crippen LogP contribution >= 0.6 is 15.9 Å². The maximum Gasteiger partial charge on any atom is 0.236 e. The summed E-state index contributed by atoms with van der Waals surface area (Å²) in [7, 11) is 0. The van der Waals surface area contributed by atoms with Crippen molar-refractivity contribution in [2.75, 3.05) is 26.2 Å². The molecule has 2 amide bonds. The zero-order chi connectivity index (χ0) is 11.5. The molecule has 0 aliphatic carbocycles. The van der Waals surface area contributed by atoms with Crippen LogP contribution in [0.25, 0.3) is 0 Å².